The molecule has 7 heteroatoms. The molecule has 0 saturated carbocycles. The first-order chi connectivity index (χ1) is 15.9. The molecule has 1 aliphatic rings. The number of hydrogen-bond donors (Lipinski definition) is 0. The Kier molecular flexibility index (Phi) is 6.70. The molecule has 0 bridgehead atoms. The van der Waals surface area contributed by atoms with Gasteiger partial charge in [-0.05, 0) is 55.7 Å². The largest absolute Gasteiger partial charge is 0.492 e. The van der Waals surface area contributed by atoms with Gasteiger partial charge in [-0.3, -0.25) is 9.10 Å². The fourth-order valence-corrected chi connectivity index (χ4v) is 5.43. The average molecular weight is 465 g/mol. The van der Waals surface area contributed by atoms with Crippen LogP contribution in [0.2, 0.25) is 0 Å². The van der Waals surface area contributed by atoms with E-state index >= 15 is 0 Å². The molecule has 3 aromatic carbocycles. The fourth-order valence-electron chi connectivity index (χ4n) is 4.01. The van der Waals surface area contributed by atoms with Crippen LogP contribution in [-0.2, 0) is 27.8 Å². The van der Waals surface area contributed by atoms with E-state index in [0.717, 1.165) is 17.5 Å². The van der Waals surface area contributed by atoms with E-state index in [-0.39, 0.29) is 17.3 Å². The van der Waals surface area contributed by atoms with Crippen molar-refractivity contribution in [3.8, 4) is 5.75 Å². The second-order valence-electron chi connectivity index (χ2n) is 8.06. The first-order valence-corrected chi connectivity index (χ1v) is 12.5. The lowest BCUT2D eigenvalue weighted by Gasteiger charge is -2.32. The second-order valence-corrected chi connectivity index (χ2v) is 9.92. The Morgan fingerprint density at radius 1 is 0.970 bits per heavy atom. The molecule has 6 nitrogen and oxygen atoms in total. The quantitative estimate of drug-likeness (QED) is 0.526. The molecule has 0 aromatic heterocycles. The lowest BCUT2D eigenvalue weighted by Crippen LogP contribution is -2.44. The maximum atomic E-state index is 13.7. The standard InChI is InChI=1S/C26H28N2O4S/c1-3-32-25-11-7-6-10-24(25)28(33(30,31)23-14-12-20(2)13-15-23)19-26(29)27-17-16-21-8-4-5-9-22(21)18-27/h4-15H,3,16-19H2,1-2H3. The number of aryl methyl sites for hydroxylation is 1. The van der Waals surface area contributed by atoms with Crippen molar-refractivity contribution in [1.82, 2.24) is 4.90 Å². The van der Waals surface area contributed by atoms with Crippen LogP contribution in [0.5, 0.6) is 5.75 Å². The van der Waals surface area contributed by atoms with E-state index in [1.165, 1.54) is 9.87 Å². The number of carbonyl (C=O) groups excluding carboxylic acids is 1. The zero-order valence-electron chi connectivity index (χ0n) is 18.9. The summed E-state index contributed by atoms with van der Waals surface area (Å²) in [5, 5.41) is 0. The molecule has 1 heterocycles. The van der Waals surface area contributed by atoms with Gasteiger partial charge in [0.1, 0.15) is 12.3 Å². The highest BCUT2D eigenvalue weighted by Crippen LogP contribution is 2.33. The van der Waals surface area contributed by atoms with Gasteiger partial charge >= 0.3 is 0 Å². The number of anilines is 1. The number of nitrogens with zero attached hydrogens (tertiary/aromatic N) is 2. The summed E-state index contributed by atoms with van der Waals surface area (Å²) < 4.78 is 34.3. The molecule has 0 aliphatic carbocycles. The number of rotatable bonds is 7. The molecule has 0 unspecified atom stereocenters. The minimum Gasteiger partial charge on any atom is -0.492 e. The van der Waals surface area contributed by atoms with Crippen molar-refractivity contribution in [1.29, 1.82) is 0 Å². The number of sulfonamides is 1. The Labute approximate surface area is 195 Å². The Balaban J connectivity index is 1.69. The monoisotopic (exact) mass is 464 g/mol. The molecule has 172 valence electrons. The number of para-hydroxylation sites is 2. The Hall–Kier alpha value is -3.32. The third-order valence-electron chi connectivity index (χ3n) is 5.80. The molecule has 0 radical (unpaired) electrons. The van der Waals surface area contributed by atoms with Crippen LogP contribution < -0.4 is 9.04 Å². The molecule has 3 aromatic rings. The number of carbonyl (C=O) groups is 1. The van der Waals surface area contributed by atoms with E-state index in [4.69, 9.17) is 4.74 Å². The zero-order valence-corrected chi connectivity index (χ0v) is 19.7. The highest BCUT2D eigenvalue weighted by molar-refractivity contribution is 7.92. The van der Waals surface area contributed by atoms with Gasteiger partial charge in [-0.1, -0.05) is 54.1 Å². The van der Waals surface area contributed by atoms with Crippen molar-refractivity contribution < 1.29 is 17.9 Å². The van der Waals surface area contributed by atoms with Crippen molar-refractivity contribution in [2.75, 3.05) is 24.0 Å². The van der Waals surface area contributed by atoms with Crippen molar-refractivity contribution in [3.63, 3.8) is 0 Å². The highest BCUT2D eigenvalue weighted by atomic mass is 32.2. The molecule has 1 amide bonds. The van der Waals surface area contributed by atoms with Gasteiger partial charge < -0.3 is 9.64 Å². The van der Waals surface area contributed by atoms with E-state index in [1.54, 1.807) is 53.4 Å². The molecule has 0 N–H and O–H groups in total. The lowest BCUT2D eigenvalue weighted by molar-refractivity contribution is -0.130. The summed E-state index contributed by atoms with van der Waals surface area (Å²) in [6, 6.07) is 21.6. The lowest BCUT2D eigenvalue weighted by atomic mass is 10.00. The Bertz CT molecular complexity index is 1240. The van der Waals surface area contributed by atoms with E-state index in [0.29, 0.717) is 31.1 Å². The average Bonchev–Trinajstić information content (AvgIpc) is 2.83. The number of fused-ring (bicyclic) bond motifs is 1. The smallest absolute Gasteiger partial charge is 0.264 e. The topological polar surface area (TPSA) is 66.9 Å². The Morgan fingerprint density at radius 2 is 1.64 bits per heavy atom. The van der Waals surface area contributed by atoms with E-state index in [1.807, 2.05) is 32.0 Å². The minimum atomic E-state index is -4.00. The van der Waals surface area contributed by atoms with Gasteiger partial charge in [0.15, 0.2) is 0 Å². The van der Waals surface area contributed by atoms with E-state index < -0.39 is 10.0 Å². The van der Waals surface area contributed by atoms with Crippen LogP contribution in [0.4, 0.5) is 5.69 Å². The molecule has 0 fully saturated rings. The molecule has 0 atom stereocenters. The molecular formula is C26H28N2O4S. The summed E-state index contributed by atoms with van der Waals surface area (Å²) in [6.45, 7) is 4.85. The van der Waals surface area contributed by atoms with Gasteiger partial charge in [-0.2, -0.15) is 0 Å². The van der Waals surface area contributed by atoms with Crippen LogP contribution in [0.15, 0.2) is 77.7 Å². The van der Waals surface area contributed by atoms with Crippen molar-refractivity contribution in [2.45, 2.75) is 31.7 Å². The van der Waals surface area contributed by atoms with Crippen LogP contribution in [0.3, 0.4) is 0 Å². The van der Waals surface area contributed by atoms with E-state index in [9.17, 15) is 13.2 Å². The van der Waals surface area contributed by atoms with Gasteiger partial charge in [0.2, 0.25) is 5.91 Å². The second kappa shape index (κ2) is 9.67. The first-order valence-electron chi connectivity index (χ1n) is 11.1. The molecule has 33 heavy (non-hydrogen) atoms. The normalized spacial score (nSPS) is 13.3. The summed E-state index contributed by atoms with van der Waals surface area (Å²) >= 11 is 0. The third-order valence-corrected chi connectivity index (χ3v) is 7.58. The maximum absolute atomic E-state index is 13.7. The minimum absolute atomic E-state index is 0.135. The Morgan fingerprint density at radius 3 is 2.36 bits per heavy atom. The van der Waals surface area contributed by atoms with Crippen molar-refractivity contribution in [3.05, 3.63) is 89.5 Å². The summed E-state index contributed by atoms with van der Waals surface area (Å²) in [4.78, 5) is 15.2. The summed E-state index contributed by atoms with van der Waals surface area (Å²) in [6.07, 6.45) is 0.752. The molecule has 1 aliphatic heterocycles. The van der Waals surface area contributed by atoms with Crippen LogP contribution in [0.1, 0.15) is 23.6 Å². The molecule has 4 rings (SSSR count). The SMILES string of the molecule is CCOc1ccccc1N(CC(=O)N1CCc2ccccc2C1)S(=O)(=O)c1ccc(C)cc1. The molecular weight excluding hydrogens is 436 g/mol. The van der Waals surface area contributed by atoms with Crippen LogP contribution >= 0.6 is 0 Å². The highest BCUT2D eigenvalue weighted by Gasteiger charge is 2.31. The van der Waals surface area contributed by atoms with Crippen molar-refractivity contribution >= 4 is 21.6 Å². The first kappa shape index (κ1) is 22.9. The van der Waals surface area contributed by atoms with Crippen LogP contribution in [0, 0.1) is 6.92 Å². The van der Waals surface area contributed by atoms with Crippen LogP contribution in [0.25, 0.3) is 0 Å². The van der Waals surface area contributed by atoms with Gasteiger partial charge in [0, 0.05) is 13.1 Å². The van der Waals surface area contributed by atoms with Gasteiger partial charge in [0.25, 0.3) is 10.0 Å². The number of ether oxygens (including phenoxy) is 1. The van der Waals surface area contributed by atoms with Crippen LogP contribution in [-0.4, -0.2) is 38.9 Å². The predicted octanol–water partition coefficient (Wildman–Crippen LogP) is 4.17. The molecule has 0 spiro atoms. The number of amides is 1. The van der Waals surface area contributed by atoms with Gasteiger partial charge in [-0.15, -0.1) is 0 Å². The fraction of sp³-hybridized carbons (Fsp3) is 0.269. The summed E-state index contributed by atoms with van der Waals surface area (Å²) in [5.41, 5.74) is 3.64. The number of hydrogen-bond acceptors (Lipinski definition) is 4. The maximum Gasteiger partial charge on any atom is 0.264 e. The predicted molar refractivity (Wildman–Crippen MR) is 129 cm³/mol. The number of benzene rings is 3. The van der Waals surface area contributed by atoms with Gasteiger partial charge in [0.05, 0.1) is 17.2 Å². The zero-order chi connectivity index (χ0) is 23.4. The van der Waals surface area contributed by atoms with E-state index in [2.05, 4.69) is 6.07 Å². The van der Waals surface area contributed by atoms with Gasteiger partial charge in [-0.25, -0.2) is 8.42 Å². The third kappa shape index (κ3) is 4.88. The summed E-state index contributed by atoms with van der Waals surface area (Å²) in [5.74, 6) is 0.180. The molecule has 0 saturated heterocycles. The van der Waals surface area contributed by atoms with Crippen molar-refractivity contribution in [2.24, 2.45) is 0 Å². The summed E-state index contributed by atoms with van der Waals surface area (Å²) in [7, 11) is -4.00.